The van der Waals surface area contributed by atoms with Crippen LogP contribution in [0.15, 0.2) is 4.34 Å². The normalized spacial score (nSPS) is 10.8. The molecule has 1 N–H and O–H groups in total. The van der Waals surface area contributed by atoms with Crippen molar-refractivity contribution in [1.82, 2.24) is 10.2 Å². The number of hydrogen-bond acceptors (Lipinski definition) is 5. The molecule has 0 aromatic carbocycles. The zero-order valence-corrected chi connectivity index (χ0v) is 14.6. The van der Waals surface area contributed by atoms with Crippen LogP contribution < -0.4 is 0 Å². The molecule has 0 radical (unpaired) electrons. The molecule has 6 heteroatoms. The zero-order valence-electron chi connectivity index (χ0n) is 12.2. The monoisotopic (exact) mass is 332 g/mol. The molecule has 0 saturated carbocycles. The lowest BCUT2D eigenvalue weighted by Gasteiger charge is -2.01. The predicted molar refractivity (Wildman–Crippen MR) is 90.0 cm³/mol. The number of nitrogens with zero attached hydrogens (tertiary/aromatic N) is 1. The van der Waals surface area contributed by atoms with Crippen LogP contribution in [0.5, 0.6) is 0 Å². The molecule has 0 aliphatic heterocycles. The topological polar surface area (TPSA) is 45.8 Å². The minimum Gasteiger partial charge on any atom is -0.287 e. The van der Waals surface area contributed by atoms with Crippen LogP contribution >= 0.6 is 35.3 Å². The van der Waals surface area contributed by atoms with Crippen LogP contribution in [0.2, 0.25) is 0 Å². The molecule has 0 aliphatic carbocycles. The highest BCUT2D eigenvalue weighted by Gasteiger charge is 2.07. The van der Waals surface area contributed by atoms with E-state index >= 15 is 0 Å². The zero-order chi connectivity index (χ0) is 14.6. The van der Waals surface area contributed by atoms with E-state index in [0.717, 1.165) is 17.2 Å². The summed E-state index contributed by atoms with van der Waals surface area (Å²) in [4.78, 5) is 11.7. The fourth-order valence-electron chi connectivity index (χ4n) is 1.99. The lowest BCUT2D eigenvalue weighted by Crippen LogP contribution is -1.91. The molecular weight excluding hydrogens is 308 g/mol. The standard InChI is InChI=1S/C14H24N2OS3/c1-2-3-4-5-6-7-8-9-10-11-12(17)19-14-16-15-13(18)20-14/h2-11H2,1H3,(H,15,18). The Hall–Kier alpha value is -0.200. The first-order valence-electron chi connectivity index (χ1n) is 7.48. The van der Waals surface area contributed by atoms with Gasteiger partial charge in [0.1, 0.15) is 0 Å². The van der Waals surface area contributed by atoms with Gasteiger partial charge in [0.2, 0.25) is 0 Å². The summed E-state index contributed by atoms with van der Waals surface area (Å²) < 4.78 is 1.36. The molecule has 0 atom stereocenters. The van der Waals surface area contributed by atoms with E-state index in [1.54, 1.807) is 0 Å². The molecule has 0 bridgehead atoms. The number of hydrogen-bond donors (Lipinski definition) is 1. The second kappa shape index (κ2) is 11.5. The van der Waals surface area contributed by atoms with Gasteiger partial charge in [-0.2, -0.15) is 5.10 Å². The summed E-state index contributed by atoms with van der Waals surface area (Å²) in [7, 11) is 0. The van der Waals surface area contributed by atoms with Crippen molar-refractivity contribution in [3.8, 4) is 0 Å². The number of aromatic amines is 1. The van der Waals surface area contributed by atoms with Gasteiger partial charge in [0, 0.05) is 6.42 Å². The number of unbranched alkanes of at least 4 members (excludes halogenated alkanes) is 8. The lowest BCUT2D eigenvalue weighted by molar-refractivity contribution is -0.111. The maximum Gasteiger partial charge on any atom is 0.195 e. The van der Waals surface area contributed by atoms with Crippen molar-refractivity contribution >= 4 is 40.4 Å². The smallest absolute Gasteiger partial charge is 0.195 e. The van der Waals surface area contributed by atoms with Crippen LogP contribution in [0.1, 0.15) is 71.1 Å². The van der Waals surface area contributed by atoms with E-state index < -0.39 is 0 Å². The van der Waals surface area contributed by atoms with Gasteiger partial charge in [-0.1, -0.05) is 69.6 Å². The van der Waals surface area contributed by atoms with E-state index in [-0.39, 0.29) is 5.12 Å². The number of rotatable bonds is 11. The minimum absolute atomic E-state index is 0.200. The summed E-state index contributed by atoms with van der Waals surface area (Å²) in [6, 6.07) is 0. The highest BCUT2D eigenvalue weighted by molar-refractivity contribution is 8.14. The summed E-state index contributed by atoms with van der Waals surface area (Å²) in [5.41, 5.74) is 0. The molecule has 114 valence electrons. The Morgan fingerprint density at radius 3 is 2.30 bits per heavy atom. The van der Waals surface area contributed by atoms with Crippen LogP contribution in [-0.4, -0.2) is 15.3 Å². The van der Waals surface area contributed by atoms with Gasteiger partial charge in [-0.25, -0.2) is 0 Å². The Kier molecular flexibility index (Phi) is 10.2. The summed E-state index contributed by atoms with van der Waals surface area (Å²) >= 11 is 7.51. The SMILES string of the molecule is CCCCCCCCCCCC(=O)Sc1n[nH]c(=S)s1. The summed E-state index contributed by atoms with van der Waals surface area (Å²) in [5.74, 6) is 0. The molecule has 0 amide bonds. The van der Waals surface area contributed by atoms with Crippen LogP contribution in [0.4, 0.5) is 0 Å². The maximum absolute atomic E-state index is 11.7. The molecular formula is C14H24N2OS3. The molecule has 0 saturated heterocycles. The van der Waals surface area contributed by atoms with Gasteiger partial charge in [0.15, 0.2) is 13.4 Å². The molecule has 0 unspecified atom stereocenters. The Bertz CT molecular complexity index is 428. The molecule has 1 aromatic heterocycles. The Labute approximate surface area is 135 Å². The van der Waals surface area contributed by atoms with E-state index in [1.165, 1.54) is 68.0 Å². The van der Waals surface area contributed by atoms with E-state index in [9.17, 15) is 4.79 Å². The Morgan fingerprint density at radius 2 is 1.75 bits per heavy atom. The summed E-state index contributed by atoms with van der Waals surface area (Å²) in [6.07, 6.45) is 12.1. The Morgan fingerprint density at radius 1 is 1.15 bits per heavy atom. The van der Waals surface area contributed by atoms with E-state index in [1.807, 2.05) is 0 Å². The third-order valence-electron chi connectivity index (χ3n) is 3.10. The third-order valence-corrected chi connectivity index (χ3v) is 5.19. The fourth-order valence-corrected chi connectivity index (χ4v) is 4.00. The molecule has 0 aliphatic rings. The van der Waals surface area contributed by atoms with Gasteiger partial charge in [-0.15, -0.1) is 0 Å². The molecule has 0 fully saturated rings. The number of H-pyrrole nitrogens is 1. The van der Waals surface area contributed by atoms with Crippen molar-refractivity contribution in [3.63, 3.8) is 0 Å². The van der Waals surface area contributed by atoms with E-state index in [4.69, 9.17) is 12.2 Å². The van der Waals surface area contributed by atoms with Crippen molar-refractivity contribution in [2.75, 3.05) is 0 Å². The van der Waals surface area contributed by atoms with E-state index in [2.05, 4.69) is 17.1 Å². The molecule has 1 aromatic rings. The molecule has 3 nitrogen and oxygen atoms in total. The number of carbonyl (C=O) groups excluding carboxylic acids is 1. The third kappa shape index (κ3) is 8.87. The molecule has 1 heterocycles. The molecule has 20 heavy (non-hydrogen) atoms. The van der Waals surface area contributed by atoms with Gasteiger partial charge in [0.25, 0.3) is 0 Å². The van der Waals surface area contributed by atoms with Crippen LogP contribution in [0.3, 0.4) is 0 Å². The van der Waals surface area contributed by atoms with Crippen molar-refractivity contribution in [3.05, 3.63) is 3.95 Å². The lowest BCUT2D eigenvalue weighted by atomic mass is 10.1. The Balaban J connectivity index is 1.93. The molecule has 0 spiro atoms. The van der Waals surface area contributed by atoms with Crippen LogP contribution in [-0.2, 0) is 4.79 Å². The fraction of sp³-hybridized carbons (Fsp3) is 0.786. The summed E-state index contributed by atoms with van der Waals surface area (Å²) in [5, 5.41) is 6.87. The number of thioether (sulfide) groups is 1. The average molecular weight is 333 g/mol. The van der Waals surface area contributed by atoms with Crippen molar-refractivity contribution in [2.45, 2.75) is 75.5 Å². The largest absolute Gasteiger partial charge is 0.287 e. The van der Waals surface area contributed by atoms with Crippen molar-refractivity contribution in [1.29, 1.82) is 0 Å². The summed E-state index contributed by atoms with van der Waals surface area (Å²) in [6.45, 7) is 2.24. The first kappa shape index (κ1) is 17.9. The highest BCUT2D eigenvalue weighted by Crippen LogP contribution is 2.23. The van der Waals surface area contributed by atoms with E-state index in [0.29, 0.717) is 10.4 Å². The molecule has 1 rings (SSSR count). The minimum atomic E-state index is 0.200. The first-order chi connectivity index (χ1) is 9.72. The number of carbonyl (C=O) groups is 1. The second-order valence-corrected chi connectivity index (χ2v) is 7.90. The van der Waals surface area contributed by atoms with Crippen molar-refractivity contribution < 1.29 is 4.79 Å². The predicted octanol–water partition coefficient (Wildman–Crippen LogP) is 5.74. The van der Waals surface area contributed by atoms with Gasteiger partial charge in [-0.3, -0.25) is 9.89 Å². The maximum atomic E-state index is 11.7. The van der Waals surface area contributed by atoms with Crippen LogP contribution in [0, 0.1) is 3.95 Å². The van der Waals surface area contributed by atoms with Gasteiger partial charge in [-0.05, 0) is 30.4 Å². The first-order valence-corrected chi connectivity index (χ1v) is 9.52. The van der Waals surface area contributed by atoms with Gasteiger partial charge >= 0.3 is 0 Å². The van der Waals surface area contributed by atoms with Gasteiger partial charge < -0.3 is 0 Å². The number of aromatic nitrogens is 2. The number of nitrogens with one attached hydrogen (secondary N) is 1. The quantitative estimate of drug-likeness (QED) is 0.319. The highest BCUT2D eigenvalue weighted by atomic mass is 32.2. The van der Waals surface area contributed by atoms with Gasteiger partial charge in [0.05, 0.1) is 0 Å². The average Bonchev–Trinajstić information content (AvgIpc) is 2.82. The van der Waals surface area contributed by atoms with Crippen LogP contribution in [0.25, 0.3) is 0 Å². The second-order valence-electron chi connectivity index (χ2n) is 4.93. The van der Waals surface area contributed by atoms with Crippen molar-refractivity contribution in [2.24, 2.45) is 0 Å².